The maximum Gasteiger partial charge on any atom is 0.325 e. The van der Waals surface area contributed by atoms with Crippen LogP contribution in [-0.4, -0.2) is 35.8 Å². The Morgan fingerprint density at radius 3 is 2.31 bits per heavy atom. The number of hydrogen-bond acceptors (Lipinski definition) is 3. The lowest BCUT2D eigenvalue weighted by Gasteiger charge is -2.22. The van der Waals surface area contributed by atoms with Gasteiger partial charge in [-0.2, -0.15) is 0 Å². The summed E-state index contributed by atoms with van der Waals surface area (Å²) in [5.74, 6) is -0.784. The lowest BCUT2D eigenvalue weighted by molar-refractivity contribution is -0.134. The van der Waals surface area contributed by atoms with E-state index >= 15 is 0 Å². The number of nitrogens with zero attached hydrogens (tertiary/aromatic N) is 1. The third kappa shape index (κ3) is 3.59. The summed E-state index contributed by atoms with van der Waals surface area (Å²) in [6, 6.07) is 18.2. The van der Waals surface area contributed by atoms with Crippen LogP contribution in [0.2, 0.25) is 0 Å². The van der Waals surface area contributed by atoms with Crippen LogP contribution >= 0.6 is 0 Å². The van der Waals surface area contributed by atoms with Crippen LogP contribution in [0.1, 0.15) is 18.1 Å². The number of benzene rings is 2. The molecule has 2 N–H and O–H groups in total. The minimum Gasteiger partial charge on any atom is -0.354 e. The van der Waals surface area contributed by atoms with Crippen LogP contribution in [0.25, 0.3) is 0 Å². The van der Waals surface area contributed by atoms with E-state index in [0.29, 0.717) is 18.5 Å². The minimum atomic E-state index is -1.15. The Bertz CT molecular complexity index is 808. The first-order valence-corrected chi connectivity index (χ1v) is 8.51. The van der Waals surface area contributed by atoms with E-state index in [9.17, 15) is 14.4 Å². The van der Waals surface area contributed by atoms with Crippen molar-refractivity contribution in [3.05, 3.63) is 71.8 Å². The van der Waals surface area contributed by atoms with E-state index in [2.05, 4.69) is 10.6 Å². The topological polar surface area (TPSA) is 78.5 Å². The molecule has 0 unspecified atom stereocenters. The largest absolute Gasteiger partial charge is 0.354 e. The zero-order chi connectivity index (χ0) is 18.6. The molecule has 1 atom stereocenters. The van der Waals surface area contributed by atoms with Gasteiger partial charge in [-0.25, -0.2) is 4.79 Å². The van der Waals surface area contributed by atoms with Crippen molar-refractivity contribution in [2.24, 2.45) is 0 Å². The summed E-state index contributed by atoms with van der Waals surface area (Å²) in [4.78, 5) is 38.1. The van der Waals surface area contributed by atoms with Crippen molar-refractivity contribution in [3.63, 3.8) is 0 Å². The van der Waals surface area contributed by atoms with E-state index in [1.165, 1.54) is 0 Å². The van der Waals surface area contributed by atoms with Crippen LogP contribution in [0.15, 0.2) is 60.7 Å². The Labute approximate surface area is 152 Å². The van der Waals surface area contributed by atoms with Crippen molar-refractivity contribution in [2.75, 3.05) is 13.1 Å². The highest BCUT2D eigenvalue weighted by Gasteiger charge is 2.49. The van der Waals surface area contributed by atoms with Gasteiger partial charge in [-0.05, 0) is 24.5 Å². The zero-order valence-electron chi connectivity index (χ0n) is 14.6. The van der Waals surface area contributed by atoms with E-state index in [-0.39, 0.29) is 12.5 Å². The first kappa shape index (κ1) is 17.7. The van der Waals surface area contributed by atoms with Crippen molar-refractivity contribution < 1.29 is 14.4 Å². The molecule has 0 saturated carbocycles. The Morgan fingerprint density at radius 2 is 1.65 bits per heavy atom. The average Bonchev–Trinajstić information content (AvgIpc) is 2.87. The van der Waals surface area contributed by atoms with Gasteiger partial charge in [0.15, 0.2) is 0 Å². The lowest BCUT2D eigenvalue weighted by Crippen LogP contribution is -2.43. The second-order valence-corrected chi connectivity index (χ2v) is 6.40. The highest BCUT2D eigenvalue weighted by molar-refractivity contribution is 6.09. The molecule has 0 radical (unpaired) electrons. The smallest absolute Gasteiger partial charge is 0.325 e. The number of urea groups is 1. The van der Waals surface area contributed by atoms with Gasteiger partial charge in [0.25, 0.3) is 5.91 Å². The molecule has 134 valence electrons. The molecule has 1 fully saturated rings. The van der Waals surface area contributed by atoms with E-state index < -0.39 is 17.5 Å². The van der Waals surface area contributed by atoms with E-state index in [1.54, 1.807) is 31.2 Å². The molecule has 1 aliphatic heterocycles. The molecule has 1 saturated heterocycles. The number of imide groups is 1. The summed E-state index contributed by atoms with van der Waals surface area (Å²) in [5, 5.41) is 5.44. The molecule has 0 aromatic heterocycles. The summed E-state index contributed by atoms with van der Waals surface area (Å²) >= 11 is 0. The van der Waals surface area contributed by atoms with Gasteiger partial charge in [0.05, 0.1) is 0 Å². The predicted octanol–water partition coefficient (Wildman–Crippen LogP) is 1.81. The highest BCUT2D eigenvalue weighted by Crippen LogP contribution is 2.28. The second kappa shape index (κ2) is 7.39. The van der Waals surface area contributed by atoms with Crippen LogP contribution < -0.4 is 10.6 Å². The number of nitrogens with one attached hydrogen (secondary N) is 2. The molecule has 1 aliphatic rings. The van der Waals surface area contributed by atoms with Crippen molar-refractivity contribution in [1.82, 2.24) is 15.5 Å². The van der Waals surface area contributed by atoms with Crippen LogP contribution in [0.5, 0.6) is 0 Å². The monoisotopic (exact) mass is 351 g/mol. The predicted molar refractivity (Wildman–Crippen MR) is 97.2 cm³/mol. The van der Waals surface area contributed by atoms with Gasteiger partial charge in [0.1, 0.15) is 12.1 Å². The van der Waals surface area contributed by atoms with Crippen molar-refractivity contribution in [3.8, 4) is 0 Å². The number of carbonyl (C=O) groups excluding carboxylic acids is 3. The fourth-order valence-electron chi connectivity index (χ4n) is 3.00. The molecule has 3 rings (SSSR count). The maximum atomic E-state index is 12.7. The molecule has 4 amide bonds. The third-order valence-electron chi connectivity index (χ3n) is 4.51. The van der Waals surface area contributed by atoms with Crippen molar-refractivity contribution in [1.29, 1.82) is 0 Å². The second-order valence-electron chi connectivity index (χ2n) is 6.40. The van der Waals surface area contributed by atoms with Gasteiger partial charge in [0, 0.05) is 6.54 Å². The Hall–Kier alpha value is -3.15. The molecular formula is C20H21N3O3. The van der Waals surface area contributed by atoms with E-state index in [4.69, 9.17) is 0 Å². The first-order valence-electron chi connectivity index (χ1n) is 8.51. The number of rotatable bonds is 6. The molecule has 6 nitrogen and oxygen atoms in total. The van der Waals surface area contributed by atoms with Gasteiger partial charge >= 0.3 is 6.03 Å². The van der Waals surface area contributed by atoms with Crippen LogP contribution in [-0.2, 0) is 21.5 Å². The zero-order valence-corrected chi connectivity index (χ0v) is 14.6. The van der Waals surface area contributed by atoms with Crippen LogP contribution in [0.4, 0.5) is 4.79 Å². The van der Waals surface area contributed by atoms with Gasteiger partial charge in [-0.15, -0.1) is 0 Å². The molecular weight excluding hydrogens is 330 g/mol. The molecule has 0 bridgehead atoms. The maximum absolute atomic E-state index is 12.7. The Kier molecular flexibility index (Phi) is 5.02. The Balaban J connectivity index is 1.58. The van der Waals surface area contributed by atoms with Crippen LogP contribution in [0, 0.1) is 0 Å². The SMILES string of the molecule is C[C@@]1(c2ccccc2)NC(=O)N(CC(=O)NCCc2ccccc2)C1=O. The van der Waals surface area contributed by atoms with Gasteiger partial charge in [0.2, 0.25) is 5.91 Å². The quantitative estimate of drug-likeness (QED) is 0.779. The normalized spacial score (nSPS) is 19.3. The molecule has 2 aromatic carbocycles. The molecule has 2 aromatic rings. The standard InChI is InChI=1S/C20H21N3O3/c1-20(16-10-6-3-7-11-16)18(25)23(19(26)22-20)14-17(24)21-13-12-15-8-4-2-5-9-15/h2-11H,12-14H2,1H3,(H,21,24)(H,22,26)/t20-/m0/s1. The summed E-state index contributed by atoms with van der Waals surface area (Å²) in [5.41, 5.74) is 0.646. The van der Waals surface area contributed by atoms with E-state index in [1.807, 2.05) is 36.4 Å². The summed E-state index contributed by atoms with van der Waals surface area (Å²) in [7, 11) is 0. The summed E-state index contributed by atoms with van der Waals surface area (Å²) in [6.45, 7) is 1.81. The molecule has 0 aliphatic carbocycles. The van der Waals surface area contributed by atoms with Gasteiger partial charge in [-0.3, -0.25) is 14.5 Å². The number of amides is 4. The molecule has 0 spiro atoms. The average molecular weight is 351 g/mol. The van der Waals surface area contributed by atoms with Crippen molar-refractivity contribution in [2.45, 2.75) is 18.9 Å². The summed E-state index contributed by atoms with van der Waals surface area (Å²) in [6.07, 6.45) is 0.689. The van der Waals surface area contributed by atoms with Gasteiger partial charge < -0.3 is 10.6 Å². The van der Waals surface area contributed by atoms with E-state index in [0.717, 1.165) is 10.5 Å². The summed E-state index contributed by atoms with van der Waals surface area (Å²) < 4.78 is 0. The van der Waals surface area contributed by atoms with Gasteiger partial charge in [-0.1, -0.05) is 60.7 Å². The highest BCUT2D eigenvalue weighted by atomic mass is 16.2. The number of hydrogen-bond donors (Lipinski definition) is 2. The third-order valence-corrected chi connectivity index (χ3v) is 4.51. The minimum absolute atomic E-state index is 0.290. The fraction of sp³-hybridized carbons (Fsp3) is 0.250. The fourth-order valence-corrected chi connectivity index (χ4v) is 3.00. The first-order chi connectivity index (χ1) is 12.5. The number of carbonyl (C=O) groups is 3. The molecule has 6 heteroatoms. The molecule has 26 heavy (non-hydrogen) atoms. The lowest BCUT2D eigenvalue weighted by atomic mass is 9.92. The van der Waals surface area contributed by atoms with Crippen molar-refractivity contribution >= 4 is 17.8 Å². The Morgan fingerprint density at radius 1 is 1.04 bits per heavy atom. The van der Waals surface area contributed by atoms with Crippen LogP contribution in [0.3, 0.4) is 0 Å². The molecule has 1 heterocycles.